The molecule has 92 valence electrons. The summed E-state index contributed by atoms with van der Waals surface area (Å²) in [7, 11) is 3.38. The van der Waals surface area contributed by atoms with Crippen LogP contribution >= 0.6 is 0 Å². The molecule has 0 amide bonds. The van der Waals surface area contributed by atoms with Crippen molar-refractivity contribution in [1.29, 1.82) is 0 Å². The van der Waals surface area contributed by atoms with Gasteiger partial charge < -0.3 is 19.9 Å². The second-order valence-electron chi connectivity index (χ2n) is 3.82. The molecule has 2 N–H and O–H groups in total. The van der Waals surface area contributed by atoms with Crippen LogP contribution < -0.4 is 5.73 Å². The Balaban J connectivity index is 3.34. The maximum Gasteiger partial charge on any atom is 0.0700 e. The van der Waals surface area contributed by atoms with Crippen LogP contribution in [-0.2, 0) is 14.2 Å². The van der Waals surface area contributed by atoms with Crippen LogP contribution in [0.2, 0.25) is 0 Å². The Morgan fingerprint density at radius 3 is 2.20 bits per heavy atom. The lowest BCUT2D eigenvalue weighted by Crippen LogP contribution is -2.30. The summed E-state index contributed by atoms with van der Waals surface area (Å²) in [5, 5.41) is 0. The molecule has 4 heteroatoms. The van der Waals surface area contributed by atoms with Crippen LogP contribution in [0, 0.1) is 5.92 Å². The van der Waals surface area contributed by atoms with E-state index in [-0.39, 0.29) is 6.04 Å². The molecule has 0 bridgehead atoms. The molecule has 0 aliphatic carbocycles. The fourth-order valence-electron chi connectivity index (χ4n) is 1.27. The quantitative estimate of drug-likeness (QED) is 0.558. The molecule has 0 aliphatic heterocycles. The van der Waals surface area contributed by atoms with Crippen molar-refractivity contribution in [3.05, 3.63) is 0 Å². The van der Waals surface area contributed by atoms with Crippen LogP contribution in [0.25, 0.3) is 0 Å². The molecule has 0 aromatic rings. The van der Waals surface area contributed by atoms with Crippen LogP contribution in [0.3, 0.4) is 0 Å². The first kappa shape index (κ1) is 14.8. The molecule has 15 heavy (non-hydrogen) atoms. The largest absolute Gasteiger partial charge is 0.385 e. The summed E-state index contributed by atoms with van der Waals surface area (Å²) < 4.78 is 15.3. The molecule has 0 saturated carbocycles. The van der Waals surface area contributed by atoms with E-state index >= 15 is 0 Å². The maximum absolute atomic E-state index is 6.01. The van der Waals surface area contributed by atoms with E-state index in [1.54, 1.807) is 14.2 Å². The summed E-state index contributed by atoms with van der Waals surface area (Å²) in [6, 6.07) is 0.197. The fraction of sp³-hybridized carbons (Fsp3) is 1.00. The Labute approximate surface area is 93.1 Å². The highest BCUT2D eigenvalue weighted by Gasteiger charge is 2.11. The molecule has 4 nitrogen and oxygen atoms in total. The van der Waals surface area contributed by atoms with Crippen LogP contribution in [0.4, 0.5) is 0 Å². The first-order valence-electron chi connectivity index (χ1n) is 5.53. The van der Waals surface area contributed by atoms with Crippen molar-refractivity contribution in [1.82, 2.24) is 0 Å². The van der Waals surface area contributed by atoms with E-state index in [1.165, 1.54) is 0 Å². The van der Waals surface area contributed by atoms with Crippen LogP contribution in [0.15, 0.2) is 0 Å². The van der Waals surface area contributed by atoms with Crippen molar-refractivity contribution in [3.63, 3.8) is 0 Å². The summed E-state index contributed by atoms with van der Waals surface area (Å²) >= 11 is 0. The van der Waals surface area contributed by atoms with E-state index in [2.05, 4.69) is 6.92 Å². The maximum atomic E-state index is 6.01. The van der Waals surface area contributed by atoms with Crippen molar-refractivity contribution in [2.45, 2.75) is 25.8 Å². The zero-order valence-corrected chi connectivity index (χ0v) is 10.2. The monoisotopic (exact) mass is 219 g/mol. The van der Waals surface area contributed by atoms with E-state index in [9.17, 15) is 0 Å². The number of hydrogen-bond acceptors (Lipinski definition) is 4. The highest BCUT2D eigenvalue weighted by Crippen LogP contribution is 2.09. The summed E-state index contributed by atoms with van der Waals surface area (Å²) in [5.41, 5.74) is 6.01. The minimum Gasteiger partial charge on any atom is -0.385 e. The normalized spacial score (nSPS) is 15.2. The van der Waals surface area contributed by atoms with Gasteiger partial charge in [-0.2, -0.15) is 0 Å². The number of rotatable bonds is 10. The molecule has 0 rings (SSSR count). The fourth-order valence-corrected chi connectivity index (χ4v) is 1.27. The van der Waals surface area contributed by atoms with Crippen LogP contribution in [-0.4, -0.2) is 46.7 Å². The van der Waals surface area contributed by atoms with Gasteiger partial charge in [0.2, 0.25) is 0 Å². The van der Waals surface area contributed by atoms with Gasteiger partial charge in [0.1, 0.15) is 0 Å². The SMILES string of the molecule is COCCOCCC(N)C(C)CCOC. The average molecular weight is 219 g/mol. The molecule has 0 radical (unpaired) electrons. The molecule has 0 spiro atoms. The zero-order valence-electron chi connectivity index (χ0n) is 10.2. The minimum absolute atomic E-state index is 0.197. The van der Waals surface area contributed by atoms with Crippen molar-refractivity contribution >= 4 is 0 Å². The smallest absolute Gasteiger partial charge is 0.0700 e. The number of nitrogens with two attached hydrogens (primary N) is 1. The topological polar surface area (TPSA) is 53.7 Å². The third kappa shape index (κ3) is 8.81. The predicted octanol–water partition coefficient (Wildman–Crippen LogP) is 1.04. The number of hydrogen-bond donors (Lipinski definition) is 1. The van der Waals surface area contributed by atoms with Gasteiger partial charge in [0.25, 0.3) is 0 Å². The third-order valence-corrected chi connectivity index (χ3v) is 2.54. The van der Waals surface area contributed by atoms with Crippen molar-refractivity contribution in [3.8, 4) is 0 Å². The van der Waals surface area contributed by atoms with Gasteiger partial charge in [-0.05, 0) is 18.8 Å². The highest BCUT2D eigenvalue weighted by atomic mass is 16.5. The lowest BCUT2D eigenvalue weighted by atomic mass is 9.97. The van der Waals surface area contributed by atoms with Crippen LogP contribution in [0.5, 0.6) is 0 Å². The van der Waals surface area contributed by atoms with Gasteiger partial charge in [0.05, 0.1) is 13.2 Å². The second-order valence-corrected chi connectivity index (χ2v) is 3.82. The molecule has 0 aromatic heterocycles. The second kappa shape index (κ2) is 10.4. The lowest BCUT2D eigenvalue weighted by molar-refractivity contribution is 0.0642. The summed E-state index contributed by atoms with van der Waals surface area (Å²) in [4.78, 5) is 0. The zero-order chi connectivity index (χ0) is 11.5. The Bertz CT molecular complexity index is 133. The van der Waals surface area contributed by atoms with Gasteiger partial charge in [-0.25, -0.2) is 0 Å². The molecule has 0 saturated heterocycles. The summed E-state index contributed by atoms with van der Waals surface area (Å²) in [5.74, 6) is 0.482. The van der Waals surface area contributed by atoms with E-state index in [4.69, 9.17) is 19.9 Å². The first-order valence-corrected chi connectivity index (χ1v) is 5.53. The Hall–Kier alpha value is -0.160. The molecule has 0 fully saturated rings. The third-order valence-electron chi connectivity index (χ3n) is 2.54. The summed E-state index contributed by atoms with van der Waals surface area (Å²) in [6.45, 7) is 4.93. The molecule has 0 heterocycles. The van der Waals surface area contributed by atoms with Gasteiger partial charge in [0.15, 0.2) is 0 Å². The first-order chi connectivity index (χ1) is 7.22. The summed E-state index contributed by atoms with van der Waals surface area (Å²) in [6.07, 6.45) is 1.91. The average Bonchev–Trinajstić information content (AvgIpc) is 2.25. The predicted molar refractivity (Wildman–Crippen MR) is 60.9 cm³/mol. The van der Waals surface area contributed by atoms with Crippen molar-refractivity contribution in [2.75, 3.05) is 40.6 Å². The Morgan fingerprint density at radius 1 is 0.933 bits per heavy atom. The lowest BCUT2D eigenvalue weighted by Gasteiger charge is -2.19. The van der Waals surface area contributed by atoms with E-state index in [0.29, 0.717) is 25.7 Å². The van der Waals surface area contributed by atoms with Crippen LogP contribution in [0.1, 0.15) is 19.8 Å². The van der Waals surface area contributed by atoms with E-state index in [1.807, 2.05) is 0 Å². The van der Waals surface area contributed by atoms with Crippen molar-refractivity contribution in [2.24, 2.45) is 11.7 Å². The molecule has 2 atom stereocenters. The standard InChI is InChI=1S/C11H25NO3/c1-10(4-6-13-2)11(12)5-7-15-9-8-14-3/h10-11H,4-9,12H2,1-3H3. The number of ether oxygens (including phenoxy) is 3. The molecule has 0 aliphatic rings. The van der Waals surface area contributed by atoms with Gasteiger partial charge in [-0.3, -0.25) is 0 Å². The molecular formula is C11H25NO3. The van der Waals surface area contributed by atoms with Gasteiger partial charge in [-0.15, -0.1) is 0 Å². The van der Waals surface area contributed by atoms with E-state index in [0.717, 1.165) is 19.4 Å². The Kier molecular flexibility index (Phi) is 10.3. The number of methoxy groups -OCH3 is 2. The highest BCUT2D eigenvalue weighted by molar-refractivity contribution is 4.68. The Morgan fingerprint density at radius 2 is 1.60 bits per heavy atom. The molecular weight excluding hydrogens is 194 g/mol. The van der Waals surface area contributed by atoms with E-state index < -0.39 is 0 Å². The van der Waals surface area contributed by atoms with Gasteiger partial charge >= 0.3 is 0 Å². The van der Waals surface area contributed by atoms with Gasteiger partial charge in [-0.1, -0.05) is 6.92 Å². The molecule has 2 unspecified atom stereocenters. The van der Waals surface area contributed by atoms with Gasteiger partial charge in [0, 0.05) is 33.5 Å². The van der Waals surface area contributed by atoms with Crippen molar-refractivity contribution < 1.29 is 14.2 Å². The molecule has 0 aromatic carbocycles. The minimum atomic E-state index is 0.197.